The number of ketones is 1. The third-order valence-corrected chi connectivity index (χ3v) is 3.91. The SMILES string of the molecule is CSCc1nc2ccc(C(C)=O)cc2nc1CSC. The number of carbonyl (C=O) groups excluding carboxylic acids is 1. The number of hydrogen-bond acceptors (Lipinski definition) is 5. The molecule has 0 saturated carbocycles. The highest BCUT2D eigenvalue weighted by molar-refractivity contribution is 7.98. The van der Waals surface area contributed by atoms with Crippen molar-refractivity contribution in [2.24, 2.45) is 0 Å². The van der Waals surface area contributed by atoms with Crippen LogP contribution in [0.2, 0.25) is 0 Å². The lowest BCUT2D eigenvalue weighted by Crippen LogP contribution is -2.01. The minimum Gasteiger partial charge on any atom is -0.295 e. The summed E-state index contributed by atoms with van der Waals surface area (Å²) in [5, 5.41) is 0. The first-order valence-corrected chi connectivity index (χ1v) is 8.73. The molecule has 0 amide bonds. The summed E-state index contributed by atoms with van der Waals surface area (Å²) in [7, 11) is 0. The summed E-state index contributed by atoms with van der Waals surface area (Å²) in [6, 6.07) is 5.53. The van der Waals surface area contributed by atoms with Gasteiger partial charge >= 0.3 is 0 Å². The third kappa shape index (κ3) is 3.28. The van der Waals surface area contributed by atoms with E-state index >= 15 is 0 Å². The minimum atomic E-state index is 0.0586. The van der Waals surface area contributed by atoms with Gasteiger partial charge in [0.05, 0.1) is 22.4 Å². The fraction of sp³-hybridized carbons (Fsp3) is 0.357. The molecule has 100 valence electrons. The van der Waals surface area contributed by atoms with Gasteiger partial charge in [-0.3, -0.25) is 4.79 Å². The summed E-state index contributed by atoms with van der Waals surface area (Å²) < 4.78 is 0. The molecule has 0 fully saturated rings. The molecule has 2 aromatic rings. The number of benzene rings is 1. The average Bonchev–Trinajstić information content (AvgIpc) is 2.39. The van der Waals surface area contributed by atoms with E-state index in [2.05, 4.69) is 22.5 Å². The van der Waals surface area contributed by atoms with E-state index in [0.29, 0.717) is 5.56 Å². The van der Waals surface area contributed by atoms with Crippen molar-refractivity contribution in [3.8, 4) is 0 Å². The van der Waals surface area contributed by atoms with Crippen LogP contribution in [-0.2, 0) is 11.5 Å². The molecule has 5 heteroatoms. The number of hydrogen-bond donors (Lipinski definition) is 0. The molecule has 1 aromatic heterocycles. The number of fused-ring (bicyclic) bond motifs is 1. The van der Waals surface area contributed by atoms with Gasteiger partial charge in [-0.1, -0.05) is 0 Å². The van der Waals surface area contributed by atoms with Gasteiger partial charge in [-0.2, -0.15) is 23.5 Å². The van der Waals surface area contributed by atoms with E-state index in [-0.39, 0.29) is 5.78 Å². The Hall–Kier alpha value is -1.07. The first-order chi connectivity index (χ1) is 9.15. The van der Waals surface area contributed by atoms with Gasteiger partial charge in [0.1, 0.15) is 0 Å². The topological polar surface area (TPSA) is 42.9 Å². The van der Waals surface area contributed by atoms with Gasteiger partial charge in [0, 0.05) is 17.1 Å². The summed E-state index contributed by atoms with van der Waals surface area (Å²) in [6.07, 6.45) is 4.12. The molecule has 0 aliphatic carbocycles. The van der Waals surface area contributed by atoms with Crippen molar-refractivity contribution in [3.05, 3.63) is 35.2 Å². The molecule has 0 unspecified atom stereocenters. The van der Waals surface area contributed by atoms with Crippen LogP contribution in [0.4, 0.5) is 0 Å². The molecule has 2 rings (SSSR count). The van der Waals surface area contributed by atoms with Crippen LogP contribution in [0.25, 0.3) is 11.0 Å². The standard InChI is InChI=1S/C14H16N2OS2/c1-9(17)10-4-5-11-12(6-10)16-14(8-19-3)13(15-11)7-18-2/h4-6H,7-8H2,1-3H3. The first kappa shape index (κ1) is 14.3. The number of aromatic nitrogens is 2. The van der Waals surface area contributed by atoms with Crippen molar-refractivity contribution in [2.75, 3.05) is 12.5 Å². The van der Waals surface area contributed by atoms with Crippen LogP contribution in [0.3, 0.4) is 0 Å². The maximum Gasteiger partial charge on any atom is 0.159 e. The van der Waals surface area contributed by atoms with Crippen LogP contribution in [0.1, 0.15) is 28.7 Å². The predicted octanol–water partition coefficient (Wildman–Crippen LogP) is 3.56. The molecule has 0 aliphatic heterocycles. The fourth-order valence-corrected chi connectivity index (χ4v) is 2.86. The molecule has 0 N–H and O–H groups in total. The average molecular weight is 292 g/mol. The summed E-state index contributed by atoms with van der Waals surface area (Å²) >= 11 is 3.48. The Balaban J connectivity index is 2.56. The zero-order valence-electron chi connectivity index (χ0n) is 11.3. The van der Waals surface area contributed by atoms with Crippen molar-refractivity contribution in [3.63, 3.8) is 0 Å². The Morgan fingerprint density at radius 2 is 1.63 bits per heavy atom. The second-order valence-electron chi connectivity index (χ2n) is 4.24. The quantitative estimate of drug-likeness (QED) is 0.788. The van der Waals surface area contributed by atoms with Crippen molar-refractivity contribution in [1.29, 1.82) is 0 Å². The summed E-state index contributed by atoms with van der Waals surface area (Å²) in [6.45, 7) is 1.57. The van der Waals surface area contributed by atoms with Crippen molar-refractivity contribution >= 4 is 40.3 Å². The molecular formula is C14H16N2OS2. The van der Waals surface area contributed by atoms with E-state index in [4.69, 9.17) is 0 Å². The maximum atomic E-state index is 11.4. The second-order valence-corrected chi connectivity index (χ2v) is 5.97. The van der Waals surface area contributed by atoms with Crippen LogP contribution in [-0.4, -0.2) is 28.3 Å². The Kier molecular flexibility index (Phi) is 4.82. The molecule has 3 nitrogen and oxygen atoms in total. The van der Waals surface area contributed by atoms with E-state index < -0.39 is 0 Å². The molecule has 0 atom stereocenters. The van der Waals surface area contributed by atoms with Gasteiger partial charge in [0.25, 0.3) is 0 Å². The first-order valence-electron chi connectivity index (χ1n) is 5.94. The smallest absolute Gasteiger partial charge is 0.159 e. The molecule has 1 aromatic carbocycles. The highest BCUT2D eigenvalue weighted by atomic mass is 32.2. The number of Topliss-reactive ketones (excluding diaryl/α,β-unsaturated/α-hetero) is 1. The van der Waals surface area contributed by atoms with Crippen LogP contribution in [0, 0.1) is 0 Å². The molecule has 1 heterocycles. The largest absolute Gasteiger partial charge is 0.295 e. The summed E-state index contributed by atoms with van der Waals surface area (Å²) in [5.41, 5.74) is 4.43. The van der Waals surface area contributed by atoms with E-state index in [1.54, 1.807) is 30.4 Å². The van der Waals surface area contributed by atoms with E-state index in [1.165, 1.54) is 0 Å². The molecular weight excluding hydrogens is 276 g/mol. The normalized spacial score (nSPS) is 10.9. The highest BCUT2D eigenvalue weighted by Gasteiger charge is 2.09. The second kappa shape index (κ2) is 6.39. The van der Waals surface area contributed by atoms with Gasteiger partial charge in [-0.15, -0.1) is 0 Å². The van der Waals surface area contributed by atoms with Crippen LogP contribution < -0.4 is 0 Å². The summed E-state index contributed by atoms with van der Waals surface area (Å²) in [5.74, 6) is 1.78. The molecule has 0 radical (unpaired) electrons. The number of nitrogens with zero attached hydrogens (tertiary/aromatic N) is 2. The van der Waals surface area contributed by atoms with Crippen LogP contribution in [0.15, 0.2) is 18.2 Å². The Morgan fingerprint density at radius 3 is 2.16 bits per heavy atom. The molecule has 0 spiro atoms. The molecule has 19 heavy (non-hydrogen) atoms. The van der Waals surface area contributed by atoms with Gasteiger partial charge in [0.15, 0.2) is 5.78 Å². The third-order valence-electron chi connectivity index (χ3n) is 2.79. The van der Waals surface area contributed by atoms with Gasteiger partial charge in [-0.25, -0.2) is 9.97 Å². The monoisotopic (exact) mass is 292 g/mol. The van der Waals surface area contributed by atoms with Crippen LogP contribution in [0.5, 0.6) is 0 Å². The van der Waals surface area contributed by atoms with E-state index in [1.807, 2.05) is 18.2 Å². The minimum absolute atomic E-state index is 0.0586. The van der Waals surface area contributed by atoms with E-state index in [0.717, 1.165) is 33.9 Å². The number of carbonyl (C=O) groups is 1. The zero-order valence-corrected chi connectivity index (χ0v) is 12.9. The lowest BCUT2D eigenvalue weighted by atomic mass is 10.1. The van der Waals surface area contributed by atoms with Gasteiger partial charge in [0.2, 0.25) is 0 Å². The number of thioether (sulfide) groups is 2. The lowest BCUT2D eigenvalue weighted by Gasteiger charge is -2.08. The van der Waals surface area contributed by atoms with Crippen molar-refractivity contribution in [2.45, 2.75) is 18.4 Å². The Bertz CT molecular complexity index is 614. The Labute approximate surface area is 121 Å². The zero-order chi connectivity index (χ0) is 13.8. The van der Waals surface area contributed by atoms with Crippen molar-refractivity contribution < 1.29 is 4.79 Å². The fourth-order valence-electron chi connectivity index (χ4n) is 1.85. The summed E-state index contributed by atoms with van der Waals surface area (Å²) in [4.78, 5) is 20.8. The highest BCUT2D eigenvalue weighted by Crippen LogP contribution is 2.20. The molecule has 0 bridgehead atoms. The number of rotatable bonds is 5. The van der Waals surface area contributed by atoms with E-state index in [9.17, 15) is 4.79 Å². The predicted molar refractivity (Wildman–Crippen MR) is 84.0 cm³/mol. The van der Waals surface area contributed by atoms with Crippen molar-refractivity contribution in [1.82, 2.24) is 9.97 Å². The molecule has 0 aliphatic rings. The van der Waals surface area contributed by atoms with Crippen LogP contribution >= 0.6 is 23.5 Å². The molecule has 0 saturated heterocycles. The lowest BCUT2D eigenvalue weighted by molar-refractivity contribution is 0.101. The maximum absolute atomic E-state index is 11.4. The Morgan fingerprint density at radius 1 is 1.05 bits per heavy atom. The van der Waals surface area contributed by atoms with Gasteiger partial charge < -0.3 is 0 Å². The van der Waals surface area contributed by atoms with Gasteiger partial charge in [-0.05, 0) is 37.6 Å².